The fourth-order valence-corrected chi connectivity index (χ4v) is 3.96. The van der Waals surface area contributed by atoms with Crippen molar-refractivity contribution in [1.82, 2.24) is 0 Å². The van der Waals surface area contributed by atoms with Crippen LogP contribution >= 0.6 is 7.92 Å². The topological polar surface area (TPSA) is 0 Å². The molecule has 0 aromatic heterocycles. The predicted octanol–water partition coefficient (Wildman–Crippen LogP) is -2.05. The molecule has 4 heteroatoms. The van der Waals surface area contributed by atoms with Gasteiger partial charge in [-0.1, -0.05) is 6.07 Å². The van der Waals surface area contributed by atoms with Crippen LogP contribution in [0.25, 0.3) is 10.8 Å². The molecule has 0 amide bonds. The monoisotopic (exact) mass is 384 g/mol. The van der Waals surface area contributed by atoms with E-state index in [-0.39, 0.29) is 58.9 Å². The second-order valence-electron chi connectivity index (χ2n) is 4.03. The van der Waals surface area contributed by atoms with Crippen molar-refractivity contribution in [3.63, 3.8) is 0 Å². The van der Waals surface area contributed by atoms with Crippen LogP contribution in [-0.4, -0.2) is 6.66 Å². The Morgan fingerprint density at radius 1 is 1.16 bits per heavy atom. The van der Waals surface area contributed by atoms with Gasteiger partial charge in [-0.25, -0.2) is 11.4 Å². The van der Waals surface area contributed by atoms with Crippen molar-refractivity contribution in [2.45, 2.75) is 6.42 Å². The molecule has 0 nitrogen and oxygen atoms in total. The van der Waals surface area contributed by atoms with Gasteiger partial charge in [-0.3, -0.25) is 6.08 Å². The van der Waals surface area contributed by atoms with Crippen molar-refractivity contribution in [2.75, 3.05) is 6.66 Å². The summed E-state index contributed by atoms with van der Waals surface area (Å²) < 4.78 is 0. The number of benzene rings is 1. The van der Waals surface area contributed by atoms with Gasteiger partial charge >= 0.3 is 26.2 Å². The van der Waals surface area contributed by atoms with Crippen LogP contribution in [0.15, 0.2) is 53.9 Å². The average Bonchev–Trinajstić information content (AvgIpc) is 2.98. The van der Waals surface area contributed by atoms with Gasteiger partial charge in [0.2, 0.25) is 0 Å². The minimum absolute atomic E-state index is 0. The van der Waals surface area contributed by atoms with Gasteiger partial charge in [0.25, 0.3) is 0 Å². The zero-order valence-electron chi connectivity index (χ0n) is 10.5. The molecule has 3 rings (SSSR count). The Hall–Kier alpha value is 0.203. The number of hydrogen-bond acceptors (Lipinski definition) is 0. The normalized spacial score (nSPS) is 14.1. The third-order valence-electron chi connectivity index (χ3n) is 3.06. The Labute approximate surface area is 147 Å². The van der Waals surface area contributed by atoms with Gasteiger partial charge in [0.15, 0.2) is 0 Å². The van der Waals surface area contributed by atoms with Gasteiger partial charge in [0, 0.05) is 0 Å². The van der Waals surface area contributed by atoms with Gasteiger partial charge < -0.3 is 24.8 Å². The summed E-state index contributed by atoms with van der Waals surface area (Å²) in [4.78, 5) is 0. The Kier molecular flexibility index (Phi) is 8.57. The summed E-state index contributed by atoms with van der Waals surface area (Å²) in [6, 6.07) is 13.1. The minimum atomic E-state index is -0.221. The summed E-state index contributed by atoms with van der Waals surface area (Å²) in [5.74, 6) is 0. The summed E-state index contributed by atoms with van der Waals surface area (Å²) in [5, 5.41) is 5.64. The van der Waals surface area contributed by atoms with E-state index in [4.69, 9.17) is 0 Å². The third kappa shape index (κ3) is 3.86. The summed E-state index contributed by atoms with van der Waals surface area (Å²) in [6.45, 7) is 2.33. The first-order chi connectivity index (χ1) is 7.86. The molecule has 1 aliphatic rings. The van der Waals surface area contributed by atoms with Gasteiger partial charge in [0.1, 0.15) is 0 Å². The van der Waals surface area contributed by atoms with Crippen LogP contribution in [0.1, 0.15) is 6.42 Å². The number of rotatable bonds is 2. The minimum Gasteiger partial charge on any atom is -1.00 e. The van der Waals surface area contributed by atoms with Crippen LogP contribution in [0, 0.1) is 6.08 Å². The van der Waals surface area contributed by atoms with Crippen LogP contribution in [-0.2, 0) is 26.2 Å². The molecule has 96 valence electrons. The second kappa shape index (κ2) is 8.48. The molecule has 0 saturated carbocycles. The van der Waals surface area contributed by atoms with Crippen LogP contribution in [0.5, 0.6) is 0 Å². The first kappa shape index (κ1) is 19.2. The summed E-state index contributed by atoms with van der Waals surface area (Å²) in [7, 11) is -0.221. The van der Waals surface area contributed by atoms with Crippen molar-refractivity contribution in [3.05, 3.63) is 59.9 Å². The molecule has 0 N–H and O–H groups in total. The van der Waals surface area contributed by atoms with Crippen LogP contribution < -0.4 is 30.1 Å². The molecule has 2 aromatic carbocycles. The predicted molar refractivity (Wildman–Crippen MR) is 72.5 cm³/mol. The first-order valence-corrected chi connectivity index (χ1v) is 7.31. The van der Waals surface area contributed by atoms with Crippen molar-refractivity contribution in [2.24, 2.45) is 0 Å². The Bertz CT molecular complexity index is 587. The van der Waals surface area contributed by atoms with E-state index >= 15 is 0 Å². The van der Waals surface area contributed by atoms with Crippen molar-refractivity contribution >= 4 is 24.0 Å². The number of hydrogen-bond donors (Lipinski definition) is 0. The molecule has 19 heavy (non-hydrogen) atoms. The molecular weight excluding hydrogens is 373 g/mol. The summed E-state index contributed by atoms with van der Waals surface area (Å²) in [6.07, 6.45) is 8.85. The third-order valence-corrected chi connectivity index (χ3v) is 5.20. The quantitative estimate of drug-likeness (QED) is 0.412. The van der Waals surface area contributed by atoms with Crippen LogP contribution in [0.2, 0.25) is 0 Å². The van der Waals surface area contributed by atoms with E-state index in [1.807, 2.05) is 0 Å². The van der Waals surface area contributed by atoms with Crippen molar-refractivity contribution in [3.8, 4) is 0 Å². The standard InChI is InChI=1S/C15H13P.2ClH.Zr/c1-16(13-7-3-4-8-13)15-11-10-12-6-2-5-9-14(12)15;;;/h2-3,5-7,9-11H,4H2,1H3;2*1H;/q-2;;;+4/p-2. The molecule has 0 radical (unpaired) electrons. The van der Waals surface area contributed by atoms with Gasteiger partial charge in [-0.2, -0.15) is 12.1 Å². The van der Waals surface area contributed by atoms with Gasteiger partial charge in [-0.05, 0) is 6.66 Å². The maximum absolute atomic E-state index is 3.44. The molecule has 0 saturated heterocycles. The van der Waals surface area contributed by atoms with Crippen molar-refractivity contribution in [1.29, 1.82) is 0 Å². The Morgan fingerprint density at radius 3 is 2.58 bits per heavy atom. The molecular formula is C15H13Cl2PZr. The molecule has 0 heterocycles. The zero-order chi connectivity index (χ0) is 11.0. The molecule has 0 fully saturated rings. The maximum atomic E-state index is 3.44. The van der Waals surface area contributed by atoms with E-state index in [9.17, 15) is 0 Å². The molecule has 0 spiro atoms. The number of allylic oxidation sites excluding steroid dienone is 4. The number of halogens is 2. The fraction of sp³-hybridized carbons (Fsp3) is 0.133. The fourth-order valence-electron chi connectivity index (χ4n) is 2.18. The van der Waals surface area contributed by atoms with Crippen molar-refractivity contribution < 1.29 is 51.0 Å². The first-order valence-electron chi connectivity index (χ1n) is 5.52. The smallest absolute Gasteiger partial charge is 1.00 e. The maximum Gasteiger partial charge on any atom is 4.00 e. The molecule has 1 unspecified atom stereocenters. The molecule has 1 aliphatic carbocycles. The van der Waals surface area contributed by atoms with E-state index in [2.05, 4.69) is 61.3 Å². The summed E-state index contributed by atoms with van der Waals surface area (Å²) in [5.41, 5.74) is 0. The SMILES string of the molecule is CP(C1=[C-]CC=C1)[c-]1ccc2ccccc21.[Cl-].[Cl-].[Zr+4]. The molecule has 2 aromatic rings. The average molecular weight is 386 g/mol. The Balaban J connectivity index is 0.00000108. The zero-order valence-corrected chi connectivity index (χ0v) is 15.4. The molecule has 1 atom stereocenters. The van der Waals surface area contributed by atoms with E-state index in [1.54, 1.807) is 0 Å². The van der Waals surface area contributed by atoms with Crippen LogP contribution in [0.4, 0.5) is 0 Å². The second-order valence-corrected chi connectivity index (χ2v) is 6.11. The van der Waals surface area contributed by atoms with E-state index in [0.717, 1.165) is 6.42 Å². The van der Waals surface area contributed by atoms with E-state index < -0.39 is 0 Å². The van der Waals surface area contributed by atoms with Gasteiger partial charge in [0.05, 0.1) is 0 Å². The van der Waals surface area contributed by atoms with Gasteiger partial charge in [-0.15, -0.1) is 54.7 Å². The summed E-state index contributed by atoms with van der Waals surface area (Å²) >= 11 is 0. The largest absolute Gasteiger partial charge is 4.00 e. The van der Waals surface area contributed by atoms with E-state index in [0.29, 0.717) is 0 Å². The number of fused-ring (bicyclic) bond motifs is 1. The molecule has 0 aliphatic heterocycles. The molecule has 0 bridgehead atoms. The Morgan fingerprint density at radius 2 is 1.89 bits per heavy atom. The van der Waals surface area contributed by atoms with E-state index in [1.165, 1.54) is 21.4 Å². The van der Waals surface area contributed by atoms with Crippen LogP contribution in [0.3, 0.4) is 0 Å².